The zero-order chi connectivity index (χ0) is 15.1. The van der Waals surface area contributed by atoms with E-state index in [2.05, 4.69) is 29.1 Å². The number of ether oxygens (including phenoxy) is 1. The maximum Gasteiger partial charge on any atom is 0.185 e. The van der Waals surface area contributed by atoms with Crippen molar-refractivity contribution < 1.29 is 4.74 Å². The summed E-state index contributed by atoms with van der Waals surface area (Å²) < 4.78 is 5.05. The average Bonchev–Trinajstić information content (AvgIpc) is 3.11. The largest absolute Gasteiger partial charge is 0.383 e. The fourth-order valence-corrected chi connectivity index (χ4v) is 3.53. The molecule has 1 N–H and O–H groups in total. The molecule has 0 aliphatic carbocycles. The maximum absolute atomic E-state index is 5.05. The minimum absolute atomic E-state index is 0.750. The molecule has 0 radical (unpaired) electrons. The second-order valence-electron chi connectivity index (χ2n) is 5.64. The number of hydrogen-bond donors (Lipinski definition) is 1. The van der Waals surface area contributed by atoms with Gasteiger partial charge in [0.15, 0.2) is 5.13 Å². The number of aromatic nitrogens is 1. The summed E-state index contributed by atoms with van der Waals surface area (Å²) in [5.74, 6) is 0. The fourth-order valence-electron chi connectivity index (χ4n) is 2.51. The van der Waals surface area contributed by atoms with E-state index in [0.29, 0.717) is 0 Å². The molecule has 0 aromatic carbocycles. The Bertz CT molecular complexity index is 418. The minimum atomic E-state index is 0.750. The van der Waals surface area contributed by atoms with Gasteiger partial charge in [0.2, 0.25) is 0 Å². The summed E-state index contributed by atoms with van der Waals surface area (Å²) in [5, 5.41) is 4.53. The van der Waals surface area contributed by atoms with Crippen LogP contribution >= 0.6 is 11.3 Å². The Hall–Kier alpha value is -0.690. The van der Waals surface area contributed by atoms with Crippen molar-refractivity contribution in [3.8, 4) is 0 Å². The van der Waals surface area contributed by atoms with Gasteiger partial charge in [0.25, 0.3) is 0 Å². The molecule has 120 valence electrons. The van der Waals surface area contributed by atoms with E-state index in [4.69, 9.17) is 9.72 Å². The first kappa shape index (κ1) is 16.7. The molecule has 21 heavy (non-hydrogen) atoms. The predicted octanol–water partition coefficient (Wildman–Crippen LogP) is 1.72. The quantitative estimate of drug-likeness (QED) is 0.703. The van der Waals surface area contributed by atoms with Gasteiger partial charge in [0, 0.05) is 45.2 Å². The van der Waals surface area contributed by atoms with E-state index in [1.54, 1.807) is 18.4 Å². The van der Waals surface area contributed by atoms with Crippen LogP contribution in [-0.2, 0) is 11.3 Å². The van der Waals surface area contributed by atoms with Gasteiger partial charge in [-0.25, -0.2) is 4.98 Å². The number of nitrogens with zero attached hydrogens (tertiary/aromatic N) is 3. The molecule has 1 aliphatic heterocycles. The third-order valence-electron chi connectivity index (χ3n) is 3.93. The summed E-state index contributed by atoms with van der Waals surface area (Å²) in [4.78, 5) is 10.9. The zero-order valence-electron chi connectivity index (χ0n) is 13.5. The summed E-state index contributed by atoms with van der Waals surface area (Å²) in [6, 6.07) is 0. The molecule has 1 aromatic heterocycles. The van der Waals surface area contributed by atoms with E-state index in [1.165, 1.54) is 30.8 Å². The molecule has 1 aromatic rings. The van der Waals surface area contributed by atoms with Crippen molar-refractivity contribution in [1.82, 2.24) is 15.2 Å². The van der Waals surface area contributed by atoms with Gasteiger partial charge in [0.1, 0.15) is 0 Å². The number of rotatable bonds is 9. The molecule has 0 saturated carbocycles. The van der Waals surface area contributed by atoms with Crippen LogP contribution in [0.15, 0.2) is 0 Å². The van der Waals surface area contributed by atoms with Crippen LogP contribution in [0.3, 0.4) is 0 Å². The van der Waals surface area contributed by atoms with Crippen molar-refractivity contribution in [2.24, 2.45) is 0 Å². The van der Waals surface area contributed by atoms with Crippen molar-refractivity contribution in [2.45, 2.75) is 26.3 Å². The van der Waals surface area contributed by atoms with Gasteiger partial charge in [0.05, 0.1) is 12.3 Å². The molecule has 2 heterocycles. The van der Waals surface area contributed by atoms with Gasteiger partial charge in [-0.2, -0.15) is 0 Å². The summed E-state index contributed by atoms with van der Waals surface area (Å²) in [6.45, 7) is 9.35. The molecule has 6 heteroatoms. The number of thiazole rings is 1. The average molecular weight is 312 g/mol. The summed E-state index contributed by atoms with van der Waals surface area (Å²) in [5.41, 5.74) is 1.15. The Labute approximate surface area is 132 Å². The summed E-state index contributed by atoms with van der Waals surface area (Å²) in [7, 11) is 3.88. The maximum atomic E-state index is 5.05. The number of nitrogens with one attached hydrogen (secondary N) is 1. The van der Waals surface area contributed by atoms with E-state index in [-0.39, 0.29) is 0 Å². The topological polar surface area (TPSA) is 40.6 Å². The molecule has 0 unspecified atom stereocenters. The van der Waals surface area contributed by atoms with Crippen LogP contribution in [0.4, 0.5) is 5.13 Å². The highest BCUT2D eigenvalue weighted by atomic mass is 32.1. The highest BCUT2D eigenvalue weighted by molar-refractivity contribution is 7.15. The molecule has 1 fully saturated rings. The number of likely N-dealkylation sites (N-methyl/N-ethyl adjacent to an activating group) is 1. The molecule has 1 aliphatic rings. The normalized spacial score (nSPS) is 15.8. The Kier molecular flexibility index (Phi) is 6.89. The first-order valence-corrected chi connectivity index (χ1v) is 8.62. The lowest BCUT2D eigenvalue weighted by atomic mass is 10.4. The Balaban J connectivity index is 1.78. The van der Waals surface area contributed by atoms with E-state index < -0.39 is 0 Å². The van der Waals surface area contributed by atoms with E-state index >= 15 is 0 Å². The van der Waals surface area contributed by atoms with Gasteiger partial charge >= 0.3 is 0 Å². The lowest BCUT2D eigenvalue weighted by Crippen LogP contribution is -2.31. The second kappa shape index (κ2) is 8.68. The van der Waals surface area contributed by atoms with E-state index in [0.717, 1.165) is 43.6 Å². The minimum Gasteiger partial charge on any atom is -0.383 e. The molecular weight excluding hydrogens is 284 g/mol. The van der Waals surface area contributed by atoms with Crippen LogP contribution in [0.2, 0.25) is 0 Å². The summed E-state index contributed by atoms with van der Waals surface area (Å²) in [6.07, 6.45) is 2.72. The van der Waals surface area contributed by atoms with Gasteiger partial charge in [-0.05, 0) is 32.9 Å². The lowest BCUT2D eigenvalue weighted by Gasteiger charge is -2.20. The van der Waals surface area contributed by atoms with Crippen LogP contribution < -0.4 is 10.2 Å². The van der Waals surface area contributed by atoms with Crippen molar-refractivity contribution in [2.75, 3.05) is 58.4 Å². The van der Waals surface area contributed by atoms with Crippen molar-refractivity contribution in [3.05, 3.63) is 10.6 Å². The van der Waals surface area contributed by atoms with Gasteiger partial charge < -0.3 is 19.9 Å². The molecule has 1 saturated heterocycles. The molecule has 0 amide bonds. The highest BCUT2D eigenvalue weighted by Gasteiger charge is 2.14. The van der Waals surface area contributed by atoms with Crippen LogP contribution in [0, 0.1) is 6.92 Å². The van der Waals surface area contributed by atoms with Gasteiger partial charge in [-0.1, -0.05) is 0 Å². The smallest absolute Gasteiger partial charge is 0.185 e. The molecule has 0 bridgehead atoms. The Morgan fingerprint density at radius 2 is 2.14 bits per heavy atom. The van der Waals surface area contributed by atoms with Crippen LogP contribution in [0.25, 0.3) is 0 Å². The fraction of sp³-hybridized carbons (Fsp3) is 0.800. The second-order valence-corrected chi connectivity index (χ2v) is 6.71. The first-order chi connectivity index (χ1) is 10.2. The number of anilines is 1. The third-order valence-corrected chi connectivity index (χ3v) is 5.20. The van der Waals surface area contributed by atoms with E-state index in [1.807, 2.05) is 0 Å². The highest BCUT2D eigenvalue weighted by Crippen LogP contribution is 2.25. The molecule has 2 rings (SSSR count). The first-order valence-electron chi connectivity index (χ1n) is 7.80. The zero-order valence-corrected chi connectivity index (χ0v) is 14.3. The van der Waals surface area contributed by atoms with Gasteiger partial charge in [-0.3, -0.25) is 0 Å². The monoisotopic (exact) mass is 312 g/mol. The van der Waals surface area contributed by atoms with Gasteiger partial charge in [-0.15, -0.1) is 11.3 Å². The van der Waals surface area contributed by atoms with E-state index in [9.17, 15) is 0 Å². The third kappa shape index (κ3) is 5.21. The Morgan fingerprint density at radius 1 is 1.38 bits per heavy atom. The van der Waals surface area contributed by atoms with Crippen molar-refractivity contribution >= 4 is 16.5 Å². The number of methoxy groups -OCH3 is 1. The molecule has 0 atom stereocenters. The standard InChI is InChI=1S/C15H28N4OS/c1-13-14(12-16-6-11-20-3)21-15(17-13)18(2)9-10-19-7-4-5-8-19/h16H,4-12H2,1-3H3. The van der Waals surface area contributed by atoms with Crippen LogP contribution in [0.1, 0.15) is 23.4 Å². The predicted molar refractivity (Wildman–Crippen MR) is 89.4 cm³/mol. The van der Waals surface area contributed by atoms with Crippen molar-refractivity contribution in [1.29, 1.82) is 0 Å². The van der Waals surface area contributed by atoms with Crippen molar-refractivity contribution in [3.63, 3.8) is 0 Å². The molecular formula is C15H28N4OS. The van der Waals surface area contributed by atoms with Crippen LogP contribution in [-0.4, -0.2) is 63.4 Å². The number of aryl methyl sites for hydroxylation is 1. The number of likely N-dealkylation sites (tertiary alicyclic amines) is 1. The van der Waals surface area contributed by atoms with Crippen LogP contribution in [0.5, 0.6) is 0 Å². The Morgan fingerprint density at radius 3 is 2.86 bits per heavy atom. The molecule has 0 spiro atoms. The SMILES string of the molecule is COCCNCc1sc(N(C)CCN2CCCC2)nc1C. The lowest BCUT2D eigenvalue weighted by molar-refractivity contribution is 0.199. The number of hydrogen-bond acceptors (Lipinski definition) is 6. The summed E-state index contributed by atoms with van der Waals surface area (Å²) >= 11 is 1.80. The molecule has 5 nitrogen and oxygen atoms in total.